The fourth-order valence-corrected chi connectivity index (χ4v) is 2.91. The molecule has 23 heavy (non-hydrogen) atoms. The van der Waals surface area contributed by atoms with Gasteiger partial charge in [-0.25, -0.2) is 9.67 Å². The maximum atomic E-state index is 5.81. The van der Waals surface area contributed by atoms with E-state index >= 15 is 0 Å². The van der Waals surface area contributed by atoms with Crippen LogP contribution in [0.15, 0.2) is 41.1 Å². The first-order chi connectivity index (χ1) is 11.3. The lowest BCUT2D eigenvalue weighted by Crippen LogP contribution is -2.39. The van der Waals surface area contributed by atoms with Crippen molar-refractivity contribution in [2.24, 2.45) is 0 Å². The van der Waals surface area contributed by atoms with E-state index in [9.17, 15) is 0 Å². The van der Waals surface area contributed by atoms with Gasteiger partial charge in [0, 0.05) is 18.0 Å². The molecule has 1 N–H and O–H groups in total. The van der Waals surface area contributed by atoms with E-state index in [4.69, 9.17) is 4.42 Å². The molecule has 0 bridgehead atoms. The maximum Gasteiger partial charge on any atom is 0.247 e. The monoisotopic (exact) mass is 310 g/mol. The van der Waals surface area contributed by atoms with E-state index < -0.39 is 0 Å². The van der Waals surface area contributed by atoms with Gasteiger partial charge in [-0.2, -0.15) is 5.10 Å². The first-order valence-electron chi connectivity index (χ1n) is 7.81. The normalized spacial score (nSPS) is 18.6. The van der Waals surface area contributed by atoms with E-state index in [0.29, 0.717) is 17.8 Å². The summed E-state index contributed by atoms with van der Waals surface area (Å²) in [6.45, 7) is 2.86. The molecule has 0 saturated heterocycles. The van der Waals surface area contributed by atoms with Crippen LogP contribution in [-0.2, 0) is 13.0 Å². The Kier molecular flexibility index (Phi) is 3.63. The topological polar surface area (TPSA) is 81.7 Å². The van der Waals surface area contributed by atoms with Crippen LogP contribution in [0.25, 0.3) is 11.5 Å². The smallest absolute Gasteiger partial charge is 0.247 e. The molecule has 7 heteroatoms. The summed E-state index contributed by atoms with van der Waals surface area (Å²) < 4.78 is 7.76. The quantitative estimate of drug-likeness (QED) is 0.793. The van der Waals surface area contributed by atoms with Crippen LogP contribution in [-0.4, -0.2) is 31.0 Å². The van der Waals surface area contributed by atoms with E-state index in [0.717, 1.165) is 30.8 Å². The molecular weight excluding hydrogens is 292 g/mol. The van der Waals surface area contributed by atoms with Gasteiger partial charge in [0.2, 0.25) is 11.8 Å². The summed E-state index contributed by atoms with van der Waals surface area (Å²) in [5.74, 6) is 2.21. The van der Waals surface area contributed by atoms with Crippen molar-refractivity contribution in [3.05, 3.63) is 48.4 Å². The van der Waals surface area contributed by atoms with Crippen LogP contribution in [0.1, 0.15) is 31.1 Å². The Hall–Kier alpha value is -2.54. The van der Waals surface area contributed by atoms with Crippen LogP contribution < -0.4 is 5.32 Å². The van der Waals surface area contributed by atoms with Crippen molar-refractivity contribution in [1.29, 1.82) is 0 Å². The van der Waals surface area contributed by atoms with E-state index in [1.165, 1.54) is 0 Å². The standard InChI is InChI=1S/C16H18N6O/c1-11(19-13-7-8-14-17-10-18-22(14)9-13)15-20-21-16(23-15)12-5-3-2-4-6-12/h2-6,10-11,13,19H,7-9H2,1H3/t11-,13+/m0/s1. The summed E-state index contributed by atoms with van der Waals surface area (Å²) in [5, 5.41) is 16.1. The van der Waals surface area contributed by atoms with E-state index in [2.05, 4.69) is 25.6 Å². The summed E-state index contributed by atoms with van der Waals surface area (Å²) in [5.41, 5.74) is 0.934. The highest BCUT2D eigenvalue weighted by atomic mass is 16.4. The van der Waals surface area contributed by atoms with Crippen LogP contribution in [0.2, 0.25) is 0 Å². The molecule has 0 spiro atoms. The lowest BCUT2D eigenvalue weighted by Gasteiger charge is -2.25. The van der Waals surface area contributed by atoms with Crippen LogP contribution in [0, 0.1) is 0 Å². The van der Waals surface area contributed by atoms with Gasteiger partial charge in [-0.05, 0) is 25.5 Å². The molecule has 1 aromatic carbocycles. The lowest BCUT2D eigenvalue weighted by molar-refractivity contribution is 0.310. The largest absolute Gasteiger partial charge is 0.419 e. The van der Waals surface area contributed by atoms with Crippen LogP contribution >= 0.6 is 0 Å². The second-order valence-electron chi connectivity index (χ2n) is 5.79. The Morgan fingerprint density at radius 2 is 2.13 bits per heavy atom. The van der Waals surface area contributed by atoms with Crippen LogP contribution in [0.5, 0.6) is 0 Å². The Morgan fingerprint density at radius 3 is 3.00 bits per heavy atom. The fourth-order valence-electron chi connectivity index (χ4n) is 2.91. The van der Waals surface area contributed by atoms with Gasteiger partial charge in [0.1, 0.15) is 12.2 Å². The summed E-state index contributed by atoms with van der Waals surface area (Å²) in [6.07, 6.45) is 3.58. The highest BCUT2D eigenvalue weighted by Gasteiger charge is 2.23. The molecule has 3 heterocycles. The second kappa shape index (κ2) is 5.92. The summed E-state index contributed by atoms with van der Waals surface area (Å²) in [4.78, 5) is 4.25. The zero-order valence-corrected chi connectivity index (χ0v) is 12.9. The van der Waals surface area contributed by atoms with Crippen molar-refractivity contribution < 1.29 is 4.42 Å². The maximum absolute atomic E-state index is 5.81. The molecule has 0 fully saturated rings. The zero-order chi connectivity index (χ0) is 15.6. The molecule has 0 unspecified atom stereocenters. The van der Waals surface area contributed by atoms with Crippen LogP contribution in [0.4, 0.5) is 0 Å². The van der Waals surface area contributed by atoms with Crippen molar-refractivity contribution >= 4 is 0 Å². The number of hydrogen-bond donors (Lipinski definition) is 1. The van der Waals surface area contributed by atoms with Crippen molar-refractivity contribution in [1.82, 2.24) is 30.3 Å². The van der Waals surface area contributed by atoms with Crippen LogP contribution in [0.3, 0.4) is 0 Å². The summed E-state index contributed by atoms with van der Waals surface area (Å²) in [6, 6.07) is 10.1. The summed E-state index contributed by atoms with van der Waals surface area (Å²) >= 11 is 0. The second-order valence-corrected chi connectivity index (χ2v) is 5.79. The first kappa shape index (κ1) is 14.1. The molecule has 0 radical (unpaired) electrons. The van der Waals surface area contributed by atoms with Gasteiger partial charge in [-0.1, -0.05) is 18.2 Å². The number of aromatic nitrogens is 5. The first-order valence-corrected chi connectivity index (χ1v) is 7.81. The molecule has 1 aliphatic rings. The van der Waals surface area contributed by atoms with Crippen molar-refractivity contribution in [2.45, 2.75) is 38.4 Å². The molecule has 7 nitrogen and oxygen atoms in total. The highest BCUT2D eigenvalue weighted by Crippen LogP contribution is 2.21. The van der Waals surface area contributed by atoms with Crippen molar-refractivity contribution in [3.8, 4) is 11.5 Å². The number of benzene rings is 1. The minimum Gasteiger partial charge on any atom is -0.419 e. The lowest BCUT2D eigenvalue weighted by atomic mass is 10.1. The van der Waals surface area contributed by atoms with Gasteiger partial charge in [-0.15, -0.1) is 10.2 Å². The predicted molar refractivity (Wildman–Crippen MR) is 83.4 cm³/mol. The third kappa shape index (κ3) is 2.87. The fraction of sp³-hybridized carbons (Fsp3) is 0.375. The Morgan fingerprint density at radius 1 is 1.26 bits per heavy atom. The van der Waals surface area contributed by atoms with Gasteiger partial charge in [0.15, 0.2) is 0 Å². The molecule has 1 aliphatic heterocycles. The molecule has 0 saturated carbocycles. The number of nitrogens with one attached hydrogen (secondary N) is 1. The third-order valence-electron chi connectivity index (χ3n) is 4.12. The zero-order valence-electron chi connectivity index (χ0n) is 12.9. The van der Waals surface area contributed by atoms with E-state index in [1.54, 1.807) is 6.33 Å². The molecule has 2 aromatic heterocycles. The van der Waals surface area contributed by atoms with Gasteiger partial charge < -0.3 is 9.73 Å². The SMILES string of the molecule is C[C@H](N[C@@H]1CCc2ncnn2C1)c1nnc(-c2ccccc2)o1. The van der Waals surface area contributed by atoms with E-state index in [1.807, 2.05) is 41.9 Å². The number of hydrogen-bond acceptors (Lipinski definition) is 6. The minimum absolute atomic E-state index is 0.00460. The Labute approximate surface area is 133 Å². The molecule has 3 aromatic rings. The third-order valence-corrected chi connectivity index (χ3v) is 4.12. The van der Waals surface area contributed by atoms with Gasteiger partial charge in [0.25, 0.3) is 0 Å². The molecule has 0 aliphatic carbocycles. The van der Waals surface area contributed by atoms with Crippen molar-refractivity contribution in [3.63, 3.8) is 0 Å². The van der Waals surface area contributed by atoms with E-state index in [-0.39, 0.29) is 6.04 Å². The number of aryl methyl sites for hydroxylation is 1. The van der Waals surface area contributed by atoms with Gasteiger partial charge in [-0.3, -0.25) is 0 Å². The Bertz CT molecular complexity index is 781. The molecule has 4 rings (SSSR count). The molecule has 0 amide bonds. The number of nitrogens with zero attached hydrogens (tertiary/aromatic N) is 5. The molecule has 2 atom stereocenters. The Balaban J connectivity index is 1.44. The number of rotatable bonds is 4. The predicted octanol–water partition coefficient (Wildman–Crippen LogP) is 1.99. The highest BCUT2D eigenvalue weighted by molar-refractivity contribution is 5.51. The average Bonchev–Trinajstić information content (AvgIpc) is 3.24. The van der Waals surface area contributed by atoms with Gasteiger partial charge >= 0.3 is 0 Å². The molecular formula is C16H18N6O. The minimum atomic E-state index is -0.00460. The van der Waals surface area contributed by atoms with Gasteiger partial charge in [0.05, 0.1) is 12.6 Å². The molecule has 118 valence electrons. The number of fused-ring (bicyclic) bond motifs is 1. The summed E-state index contributed by atoms with van der Waals surface area (Å²) in [7, 11) is 0. The average molecular weight is 310 g/mol. The van der Waals surface area contributed by atoms with Crippen molar-refractivity contribution in [2.75, 3.05) is 0 Å².